The fourth-order valence-corrected chi connectivity index (χ4v) is 2.19. The minimum absolute atomic E-state index is 0.500. The summed E-state index contributed by atoms with van der Waals surface area (Å²) < 4.78 is 10.5. The first-order chi connectivity index (χ1) is 9.81. The van der Waals surface area contributed by atoms with E-state index in [2.05, 4.69) is 21.1 Å². The Labute approximate surface area is 118 Å². The van der Waals surface area contributed by atoms with E-state index < -0.39 is 0 Å². The van der Waals surface area contributed by atoms with Gasteiger partial charge in [0.15, 0.2) is 5.82 Å². The van der Waals surface area contributed by atoms with Crippen LogP contribution in [0.1, 0.15) is 42.7 Å². The topological polar surface area (TPSA) is 55.3 Å². The zero-order valence-corrected chi connectivity index (χ0v) is 11.7. The molecule has 0 aliphatic heterocycles. The van der Waals surface area contributed by atoms with Gasteiger partial charge < -0.3 is 8.94 Å². The summed E-state index contributed by atoms with van der Waals surface area (Å²) in [5.41, 5.74) is 0. The molecule has 2 aromatic heterocycles. The molecule has 0 atom stereocenters. The molecule has 2 heterocycles. The van der Waals surface area contributed by atoms with Gasteiger partial charge in [0, 0.05) is 12.5 Å². The molecule has 5 nitrogen and oxygen atoms in total. The molecular formula is C15H19N3O2. The van der Waals surface area contributed by atoms with Crippen molar-refractivity contribution in [3.63, 3.8) is 0 Å². The molecule has 0 saturated heterocycles. The Balaban J connectivity index is 1.48. The molecule has 3 rings (SSSR count). The van der Waals surface area contributed by atoms with E-state index in [1.165, 1.54) is 19.3 Å². The van der Waals surface area contributed by atoms with Gasteiger partial charge in [0.1, 0.15) is 5.76 Å². The van der Waals surface area contributed by atoms with Gasteiger partial charge >= 0.3 is 0 Å². The van der Waals surface area contributed by atoms with Crippen molar-refractivity contribution in [2.75, 3.05) is 13.6 Å². The van der Waals surface area contributed by atoms with Crippen LogP contribution in [0.15, 0.2) is 33.4 Å². The van der Waals surface area contributed by atoms with Crippen LogP contribution in [0, 0.1) is 0 Å². The van der Waals surface area contributed by atoms with E-state index in [4.69, 9.17) is 8.94 Å². The van der Waals surface area contributed by atoms with Crippen LogP contribution in [0.4, 0.5) is 0 Å². The number of rotatable bonds is 6. The van der Waals surface area contributed by atoms with Crippen LogP contribution in [0.25, 0.3) is 6.08 Å². The molecular weight excluding hydrogens is 254 g/mol. The van der Waals surface area contributed by atoms with Gasteiger partial charge in [-0.25, -0.2) is 0 Å². The zero-order chi connectivity index (χ0) is 13.8. The summed E-state index contributed by atoms with van der Waals surface area (Å²) >= 11 is 0. The largest absolute Gasteiger partial charge is 0.465 e. The van der Waals surface area contributed by atoms with Crippen LogP contribution < -0.4 is 0 Å². The van der Waals surface area contributed by atoms with E-state index in [0.717, 1.165) is 24.0 Å². The van der Waals surface area contributed by atoms with Gasteiger partial charge in [0.2, 0.25) is 5.89 Å². The molecule has 0 aromatic carbocycles. The Kier molecular flexibility index (Phi) is 3.97. The van der Waals surface area contributed by atoms with Crippen molar-refractivity contribution in [2.24, 2.45) is 0 Å². The second-order valence-corrected chi connectivity index (χ2v) is 5.29. The number of nitrogens with zero attached hydrogens (tertiary/aromatic N) is 3. The normalized spacial score (nSPS) is 16.1. The van der Waals surface area contributed by atoms with Crippen molar-refractivity contribution in [3.05, 3.63) is 41.9 Å². The quantitative estimate of drug-likeness (QED) is 0.809. The molecule has 5 heteroatoms. The third kappa shape index (κ3) is 3.17. The summed E-state index contributed by atoms with van der Waals surface area (Å²) in [7, 11) is 2.03. The van der Waals surface area contributed by atoms with Gasteiger partial charge in [-0.05, 0) is 38.1 Å². The highest BCUT2D eigenvalue weighted by atomic mass is 16.5. The summed E-state index contributed by atoms with van der Waals surface area (Å²) in [4.78, 5) is 6.60. The Bertz CT molecular complexity index is 555. The van der Waals surface area contributed by atoms with Gasteiger partial charge in [-0.2, -0.15) is 4.98 Å². The van der Waals surface area contributed by atoms with Crippen molar-refractivity contribution < 1.29 is 8.94 Å². The summed E-state index contributed by atoms with van der Waals surface area (Å²) in [6, 6.07) is 3.81. The molecule has 1 saturated carbocycles. The van der Waals surface area contributed by atoms with Crippen molar-refractivity contribution in [3.8, 4) is 0 Å². The van der Waals surface area contributed by atoms with Crippen molar-refractivity contribution in [1.29, 1.82) is 0 Å². The molecule has 0 amide bonds. The second kappa shape index (κ2) is 6.05. The van der Waals surface area contributed by atoms with Crippen molar-refractivity contribution in [1.82, 2.24) is 15.0 Å². The Hall–Kier alpha value is -1.88. The number of furan rings is 1. The minimum atomic E-state index is 0.500. The summed E-state index contributed by atoms with van der Waals surface area (Å²) in [6.45, 7) is 1.51. The molecule has 1 aliphatic rings. The van der Waals surface area contributed by atoms with E-state index in [1.54, 1.807) is 6.26 Å². The standard InChI is InChI=1S/C15H19N3O2/c1-18(9-3-7-13-8-4-10-19-13)11-14-16-15(20-17-14)12-5-2-6-12/h3-4,7-8,10,12H,2,5-6,9,11H2,1H3. The molecule has 0 radical (unpaired) electrons. The van der Waals surface area contributed by atoms with Crippen LogP contribution in [0.2, 0.25) is 0 Å². The van der Waals surface area contributed by atoms with Crippen molar-refractivity contribution >= 4 is 6.08 Å². The van der Waals surface area contributed by atoms with E-state index in [1.807, 2.05) is 25.3 Å². The third-order valence-electron chi connectivity index (χ3n) is 3.59. The average Bonchev–Trinajstić information content (AvgIpc) is 2.99. The van der Waals surface area contributed by atoms with E-state index >= 15 is 0 Å². The average molecular weight is 273 g/mol. The van der Waals surface area contributed by atoms with Crippen LogP contribution in [-0.4, -0.2) is 28.6 Å². The number of aromatic nitrogens is 2. The van der Waals surface area contributed by atoms with Crippen LogP contribution in [-0.2, 0) is 6.54 Å². The van der Waals surface area contributed by atoms with Gasteiger partial charge in [-0.3, -0.25) is 4.90 Å². The maximum atomic E-state index is 5.31. The lowest BCUT2D eigenvalue weighted by Gasteiger charge is -2.20. The van der Waals surface area contributed by atoms with Crippen LogP contribution >= 0.6 is 0 Å². The molecule has 0 N–H and O–H groups in total. The first-order valence-corrected chi connectivity index (χ1v) is 7.02. The fourth-order valence-electron chi connectivity index (χ4n) is 2.19. The SMILES string of the molecule is CN(CC=Cc1ccco1)Cc1noc(C2CCC2)n1. The van der Waals surface area contributed by atoms with Crippen molar-refractivity contribution in [2.45, 2.75) is 31.7 Å². The van der Waals surface area contributed by atoms with Gasteiger partial charge in [-0.1, -0.05) is 17.7 Å². The predicted molar refractivity (Wildman–Crippen MR) is 75.0 cm³/mol. The highest BCUT2D eigenvalue weighted by molar-refractivity contribution is 5.42. The molecule has 0 bridgehead atoms. The second-order valence-electron chi connectivity index (χ2n) is 5.29. The summed E-state index contributed by atoms with van der Waals surface area (Å²) in [5, 5.41) is 4.05. The van der Waals surface area contributed by atoms with Gasteiger partial charge in [-0.15, -0.1) is 0 Å². The number of hydrogen-bond donors (Lipinski definition) is 0. The lowest BCUT2D eigenvalue weighted by Crippen LogP contribution is -2.18. The van der Waals surface area contributed by atoms with Gasteiger partial charge in [0.25, 0.3) is 0 Å². The van der Waals surface area contributed by atoms with E-state index in [-0.39, 0.29) is 0 Å². The first-order valence-electron chi connectivity index (χ1n) is 7.02. The molecule has 1 aliphatic carbocycles. The lowest BCUT2D eigenvalue weighted by atomic mass is 9.85. The molecule has 0 spiro atoms. The number of hydrogen-bond acceptors (Lipinski definition) is 5. The summed E-state index contributed by atoms with van der Waals surface area (Å²) in [6.07, 6.45) is 9.34. The molecule has 2 aromatic rings. The van der Waals surface area contributed by atoms with Crippen LogP contribution in [0.5, 0.6) is 0 Å². The maximum Gasteiger partial charge on any atom is 0.229 e. The minimum Gasteiger partial charge on any atom is -0.465 e. The maximum absolute atomic E-state index is 5.31. The Morgan fingerprint density at radius 2 is 2.35 bits per heavy atom. The van der Waals surface area contributed by atoms with Crippen LogP contribution in [0.3, 0.4) is 0 Å². The molecule has 0 unspecified atom stereocenters. The van der Waals surface area contributed by atoms with E-state index in [9.17, 15) is 0 Å². The third-order valence-corrected chi connectivity index (χ3v) is 3.59. The monoisotopic (exact) mass is 273 g/mol. The number of likely N-dealkylation sites (N-methyl/N-ethyl adjacent to an activating group) is 1. The lowest BCUT2D eigenvalue weighted by molar-refractivity contribution is 0.287. The first kappa shape index (κ1) is 13.1. The smallest absolute Gasteiger partial charge is 0.229 e. The van der Waals surface area contributed by atoms with Gasteiger partial charge in [0.05, 0.1) is 12.8 Å². The fraction of sp³-hybridized carbons (Fsp3) is 0.467. The molecule has 106 valence electrons. The zero-order valence-electron chi connectivity index (χ0n) is 11.7. The predicted octanol–water partition coefficient (Wildman–Crippen LogP) is 3.08. The Morgan fingerprint density at radius 1 is 1.45 bits per heavy atom. The Morgan fingerprint density at radius 3 is 3.05 bits per heavy atom. The highest BCUT2D eigenvalue weighted by Gasteiger charge is 2.25. The van der Waals surface area contributed by atoms with E-state index in [0.29, 0.717) is 12.5 Å². The molecule has 20 heavy (non-hydrogen) atoms. The summed E-state index contributed by atoms with van der Waals surface area (Å²) in [5.74, 6) is 2.94. The molecule has 1 fully saturated rings. The highest BCUT2D eigenvalue weighted by Crippen LogP contribution is 2.35.